The molecule has 10 heteroatoms. The normalized spacial score (nSPS) is 10.8. The molecule has 4 aromatic rings. The maximum atomic E-state index is 13.4. The third-order valence-electron chi connectivity index (χ3n) is 3.86. The smallest absolute Gasteiger partial charge is 0.260 e. The molecule has 0 spiro atoms. The van der Waals surface area contributed by atoms with Crippen LogP contribution >= 0.6 is 22.9 Å². The van der Waals surface area contributed by atoms with Gasteiger partial charge in [0.25, 0.3) is 5.91 Å². The highest BCUT2D eigenvalue weighted by Gasteiger charge is 2.20. The number of ether oxygens (including phenoxy) is 1. The van der Waals surface area contributed by atoms with Gasteiger partial charge in [-0.2, -0.15) is 4.37 Å². The number of anilines is 3. The number of nitrogens with one attached hydrogen (secondary N) is 2. The molecule has 1 amide bonds. The minimum Gasteiger partial charge on any atom is -0.481 e. The molecule has 0 radical (unpaired) electrons. The first-order valence-electron chi connectivity index (χ1n) is 8.14. The van der Waals surface area contributed by atoms with E-state index in [0.29, 0.717) is 38.5 Å². The molecular formula is C18H14FN5O2S2. The van der Waals surface area contributed by atoms with Crippen LogP contribution in [0.1, 0.15) is 16.1 Å². The first-order valence-corrected chi connectivity index (χ1v) is 9.73. The molecule has 28 heavy (non-hydrogen) atoms. The number of pyridine rings is 1. The first-order chi connectivity index (χ1) is 13.5. The number of aromatic nitrogens is 3. The summed E-state index contributed by atoms with van der Waals surface area (Å²) in [5, 5.41) is 7.06. The van der Waals surface area contributed by atoms with E-state index in [1.807, 2.05) is 0 Å². The van der Waals surface area contributed by atoms with Gasteiger partial charge >= 0.3 is 0 Å². The molecule has 1 aromatic carbocycles. The number of methoxy groups -OCH3 is 1. The molecule has 0 bridgehead atoms. The predicted molar refractivity (Wildman–Crippen MR) is 108 cm³/mol. The lowest BCUT2D eigenvalue weighted by atomic mass is 10.2. The van der Waals surface area contributed by atoms with E-state index in [2.05, 4.69) is 25.0 Å². The van der Waals surface area contributed by atoms with E-state index in [0.717, 1.165) is 16.2 Å². The second-order valence-electron chi connectivity index (χ2n) is 5.77. The standard InChI is InChI=1S/C18H14FN5O2S2/c1-9-15(16(25)21-11-4-6-14(26-2)20-8-11)17(28-24-9)23-18-22-12-5-3-10(19)7-13(12)27-18/h3-8H,1-2H3,(H,21,25)(H,22,23). The monoisotopic (exact) mass is 415 g/mol. The summed E-state index contributed by atoms with van der Waals surface area (Å²) in [6.45, 7) is 1.76. The van der Waals surface area contributed by atoms with Crippen LogP contribution in [-0.4, -0.2) is 27.4 Å². The summed E-state index contributed by atoms with van der Waals surface area (Å²) < 4.78 is 23.4. The summed E-state index contributed by atoms with van der Waals surface area (Å²) in [5.74, 6) is -0.168. The molecule has 0 saturated carbocycles. The topological polar surface area (TPSA) is 89.0 Å². The summed E-state index contributed by atoms with van der Waals surface area (Å²) in [7, 11) is 1.52. The van der Waals surface area contributed by atoms with Gasteiger partial charge in [-0.3, -0.25) is 4.79 Å². The zero-order valence-corrected chi connectivity index (χ0v) is 16.4. The molecule has 7 nitrogen and oxygen atoms in total. The number of halogens is 1. The van der Waals surface area contributed by atoms with Crippen LogP contribution < -0.4 is 15.4 Å². The summed E-state index contributed by atoms with van der Waals surface area (Å²) in [6.07, 6.45) is 1.51. The number of hydrogen-bond acceptors (Lipinski definition) is 8. The van der Waals surface area contributed by atoms with Gasteiger partial charge in [0, 0.05) is 6.07 Å². The van der Waals surface area contributed by atoms with Crippen LogP contribution in [0.3, 0.4) is 0 Å². The Morgan fingerprint density at radius 2 is 2.11 bits per heavy atom. The van der Waals surface area contributed by atoms with Crippen LogP contribution in [0.15, 0.2) is 36.5 Å². The van der Waals surface area contributed by atoms with Gasteiger partial charge in [-0.15, -0.1) is 0 Å². The molecule has 0 fully saturated rings. The molecule has 4 rings (SSSR count). The van der Waals surface area contributed by atoms with E-state index < -0.39 is 0 Å². The number of aryl methyl sites for hydroxylation is 1. The van der Waals surface area contributed by atoms with Crippen molar-refractivity contribution < 1.29 is 13.9 Å². The highest BCUT2D eigenvalue weighted by Crippen LogP contribution is 2.33. The van der Waals surface area contributed by atoms with E-state index in [1.54, 1.807) is 25.1 Å². The fourth-order valence-electron chi connectivity index (χ4n) is 2.54. The first kappa shape index (κ1) is 18.3. The molecule has 3 heterocycles. The van der Waals surface area contributed by atoms with E-state index >= 15 is 0 Å². The molecule has 0 aliphatic carbocycles. The van der Waals surface area contributed by atoms with Crippen LogP contribution in [0.4, 0.5) is 20.2 Å². The van der Waals surface area contributed by atoms with Gasteiger partial charge in [0.15, 0.2) is 5.13 Å². The van der Waals surface area contributed by atoms with Gasteiger partial charge in [0.2, 0.25) is 5.88 Å². The maximum Gasteiger partial charge on any atom is 0.260 e. The van der Waals surface area contributed by atoms with Crippen LogP contribution in [0.5, 0.6) is 5.88 Å². The molecule has 0 aliphatic rings. The third kappa shape index (κ3) is 3.64. The molecule has 3 aromatic heterocycles. The Balaban J connectivity index is 1.58. The number of carbonyl (C=O) groups excluding carboxylic acids is 1. The number of thiazole rings is 1. The van der Waals surface area contributed by atoms with Gasteiger partial charge < -0.3 is 15.4 Å². The van der Waals surface area contributed by atoms with Gasteiger partial charge in [-0.1, -0.05) is 11.3 Å². The Morgan fingerprint density at radius 1 is 1.25 bits per heavy atom. The Bertz CT molecular complexity index is 1160. The largest absolute Gasteiger partial charge is 0.481 e. The van der Waals surface area contributed by atoms with Crippen molar-refractivity contribution in [3.8, 4) is 5.88 Å². The van der Waals surface area contributed by atoms with Crippen LogP contribution in [0.2, 0.25) is 0 Å². The van der Waals surface area contributed by atoms with Gasteiger partial charge in [-0.05, 0) is 42.7 Å². The molecular weight excluding hydrogens is 401 g/mol. The van der Waals surface area contributed by atoms with Gasteiger partial charge in [-0.25, -0.2) is 14.4 Å². The number of rotatable bonds is 5. The van der Waals surface area contributed by atoms with Gasteiger partial charge in [0.05, 0.1) is 40.5 Å². The van der Waals surface area contributed by atoms with Crippen molar-refractivity contribution in [3.63, 3.8) is 0 Å². The Hall–Kier alpha value is -3.11. The van der Waals surface area contributed by atoms with Crippen LogP contribution in [-0.2, 0) is 0 Å². The predicted octanol–water partition coefficient (Wildman–Crippen LogP) is 4.60. The molecule has 0 aliphatic heterocycles. The van der Waals surface area contributed by atoms with Crippen molar-refractivity contribution in [2.75, 3.05) is 17.7 Å². The molecule has 2 N–H and O–H groups in total. The number of benzene rings is 1. The molecule has 142 valence electrons. The second-order valence-corrected chi connectivity index (χ2v) is 7.58. The van der Waals surface area contributed by atoms with E-state index in [-0.39, 0.29) is 11.7 Å². The quantitative estimate of drug-likeness (QED) is 0.495. The lowest BCUT2D eigenvalue weighted by molar-refractivity contribution is 0.102. The number of carbonyl (C=O) groups is 1. The zero-order valence-electron chi connectivity index (χ0n) is 14.8. The number of fused-ring (bicyclic) bond motifs is 1. The SMILES string of the molecule is COc1ccc(NC(=O)c2c(C)nsc2Nc2nc3ccc(F)cc3s2)cn1. The fraction of sp³-hybridized carbons (Fsp3) is 0.111. The second kappa shape index (κ2) is 7.49. The maximum absolute atomic E-state index is 13.4. The van der Waals surface area contributed by atoms with Gasteiger partial charge in [0.1, 0.15) is 10.8 Å². The highest BCUT2D eigenvalue weighted by molar-refractivity contribution is 7.22. The van der Waals surface area contributed by atoms with Crippen LogP contribution in [0, 0.1) is 12.7 Å². The average Bonchev–Trinajstić information content (AvgIpc) is 3.24. The average molecular weight is 415 g/mol. The van der Waals surface area contributed by atoms with E-state index in [9.17, 15) is 9.18 Å². The Morgan fingerprint density at radius 3 is 2.86 bits per heavy atom. The summed E-state index contributed by atoms with van der Waals surface area (Å²) in [6, 6.07) is 7.78. The minimum atomic E-state index is -0.315. The molecule has 0 unspecified atom stereocenters. The lowest BCUT2D eigenvalue weighted by Gasteiger charge is -2.07. The third-order valence-corrected chi connectivity index (χ3v) is 5.65. The Kier molecular flexibility index (Phi) is 4.88. The van der Waals surface area contributed by atoms with E-state index in [1.165, 1.54) is 36.8 Å². The lowest BCUT2D eigenvalue weighted by Crippen LogP contribution is -2.14. The minimum absolute atomic E-state index is 0.312. The van der Waals surface area contributed by atoms with E-state index in [4.69, 9.17) is 4.74 Å². The van der Waals surface area contributed by atoms with Crippen LogP contribution in [0.25, 0.3) is 10.2 Å². The van der Waals surface area contributed by atoms with Crippen molar-refractivity contribution in [3.05, 3.63) is 53.6 Å². The summed E-state index contributed by atoms with van der Waals surface area (Å²) in [4.78, 5) is 21.3. The van der Waals surface area contributed by atoms with Crippen molar-refractivity contribution in [1.82, 2.24) is 14.3 Å². The Labute approximate surface area is 167 Å². The number of amides is 1. The number of nitrogens with zero attached hydrogens (tertiary/aromatic N) is 3. The molecule has 0 saturated heterocycles. The number of hydrogen-bond donors (Lipinski definition) is 2. The fourth-order valence-corrected chi connectivity index (χ4v) is 4.29. The molecule has 0 atom stereocenters. The van der Waals surface area contributed by atoms with Crippen molar-refractivity contribution >= 4 is 54.8 Å². The summed E-state index contributed by atoms with van der Waals surface area (Å²) in [5.41, 5.74) is 2.24. The van der Waals surface area contributed by atoms with Crippen molar-refractivity contribution in [2.45, 2.75) is 6.92 Å². The van der Waals surface area contributed by atoms with Crippen molar-refractivity contribution in [2.24, 2.45) is 0 Å². The highest BCUT2D eigenvalue weighted by atomic mass is 32.1. The zero-order chi connectivity index (χ0) is 19.7. The van der Waals surface area contributed by atoms with Crippen molar-refractivity contribution in [1.29, 1.82) is 0 Å². The summed E-state index contributed by atoms with van der Waals surface area (Å²) >= 11 is 2.47.